The van der Waals surface area contributed by atoms with Crippen LogP contribution in [0.4, 0.5) is 0 Å². The van der Waals surface area contributed by atoms with Crippen LogP contribution < -0.4 is 5.32 Å². The van der Waals surface area contributed by atoms with Crippen molar-refractivity contribution >= 4 is 0 Å². The molecule has 1 heterocycles. The van der Waals surface area contributed by atoms with Gasteiger partial charge in [0.25, 0.3) is 0 Å². The van der Waals surface area contributed by atoms with Crippen molar-refractivity contribution in [1.82, 2.24) is 15.5 Å². The molecule has 4 nitrogen and oxygen atoms in total. The summed E-state index contributed by atoms with van der Waals surface area (Å²) in [5.74, 6) is 0. The van der Waals surface area contributed by atoms with Gasteiger partial charge in [0.15, 0.2) is 0 Å². The van der Waals surface area contributed by atoms with E-state index in [-0.39, 0.29) is 12.6 Å². The van der Waals surface area contributed by atoms with Gasteiger partial charge in [0.1, 0.15) is 0 Å². The SMILES string of the molecule is Cc1n[nH]c(C)c1CN[C@H](CO)Cc1ccccc1. The van der Waals surface area contributed by atoms with Gasteiger partial charge in [-0.15, -0.1) is 0 Å². The average Bonchev–Trinajstić information content (AvgIpc) is 2.75. The molecule has 0 aliphatic carbocycles. The fourth-order valence-corrected chi connectivity index (χ4v) is 2.18. The van der Waals surface area contributed by atoms with Crippen LogP contribution >= 0.6 is 0 Å². The minimum absolute atomic E-state index is 0.0658. The number of hydrogen-bond donors (Lipinski definition) is 3. The van der Waals surface area contributed by atoms with Gasteiger partial charge in [0.2, 0.25) is 0 Å². The molecule has 2 aromatic rings. The molecule has 1 aromatic carbocycles. The van der Waals surface area contributed by atoms with E-state index >= 15 is 0 Å². The Morgan fingerprint density at radius 2 is 2.00 bits per heavy atom. The van der Waals surface area contributed by atoms with E-state index in [2.05, 4.69) is 27.6 Å². The van der Waals surface area contributed by atoms with E-state index in [0.717, 1.165) is 24.4 Å². The lowest BCUT2D eigenvalue weighted by Crippen LogP contribution is -2.34. The quantitative estimate of drug-likeness (QED) is 0.740. The number of aliphatic hydroxyl groups is 1. The first kappa shape index (κ1) is 13.8. The van der Waals surface area contributed by atoms with E-state index in [9.17, 15) is 5.11 Å². The molecule has 1 atom stereocenters. The highest BCUT2D eigenvalue weighted by Crippen LogP contribution is 2.10. The molecular formula is C15H21N3O. The Bertz CT molecular complexity index is 488. The molecule has 0 unspecified atom stereocenters. The lowest BCUT2D eigenvalue weighted by Gasteiger charge is -2.16. The van der Waals surface area contributed by atoms with E-state index in [0.29, 0.717) is 0 Å². The van der Waals surface area contributed by atoms with E-state index in [1.54, 1.807) is 0 Å². The highest BCUT2D eigenvalue weighted by molar-refractivity contribution is 5.23. The van der Waals surface area contributed by atoms with E-state index in [1.807, 2.05) is 32.0 Å². The molecule has 1 aromatic heterocycles. The van der Waals surface area contributed by atoms with Gasteiger partial charge < -0.3 is 10.4 Å². The highest BCUT2D eigenvalue weighted by Gasteiger charge is 2.11. The van der Waals surface area contributed by atoms with Crippen molar-refractivity contribution in [3.05, 3.63) is 52.8 Å². The Morgan fingerprint density at radius 1 is 1.26 bits per heavy atom. The number of nitrogens with zero attached hydrogens (tertiary/aromatic N) is 1. The third-order valence-electron chi connectivity index (χ3n) is 3.39. The summed E-state index contributed by atoms with van der Waals surface area (Å²) in [6.07, 6.45) is 0.827. The van der Waals surface area contributed by atoms with Crippen LogP contribution in [0.3, 0.4) is 0 Å². The summed E-state index contributed by atoms with van der Waals surface area (Å²) in [7, 11) is 0. The normalized spacial score (nSPS) is 12.6. The number of benzene rings is 1. The topological polar surface area (TPSA) is 60.9 Å². The smallest absolute Gasteiger partial charge is 0.0638 e. The van der Waals surface area contributed by atoms with Crippen LogP contribution in [0, 0.1) is 13.8 Å². The van der Waals surface area contributed by atoms with E-state index < -0.39 is 0 Å². The predicted molar refractivity (Wildman–Crippen MR) is 75.9 cm³/mol. The Labute approximate surface area is 113 Å². The van der Waals surface area contributed by atoms with Crippen molar-refractivity contribution < 1.29 is 5.11 Å². The second-order valence-electron chi connectivity index (χ2n) is 4.86. The largest absolute Gasteiger partial charge is 0.395 e. The molecule has 0 fully saturated rings. The third-order valence-corrected chi connectivity index (χ3v) is 3.39. The fraction of sp³-hybridized carbons (Fsp3) is 0.400. The van der Waals surface area contributed by atoms with Crippen LogP contribution in [0.1, 0.15) is 22.5 Å². The van der Waals surface area contributed by atoms with Gasteiger partial charge in [-0.1, -0.05) is 30.3 Å². The van der Waals surface area contributed by atoms with Crippen LogP contribution in [0.15, 0.2) is 30.3 Å². The molecule has 3 N–H and O–H groups in total. The summed E-state index contributed by atoms with van der Waals surface area (Å²) in [5, 5.41) is 20.0. The number of aryl methyl sites for hydroxylation is 2. The second kappa shape index (κ2) is 6.50. The molecule has 0 bridgehead atoms. The van der Waals surface area contributed by atoms with Crippen LogP contribution in [-0.4, -0.2) is 28.0 Å². The molecule has 102 valence electrons. The molecule has 2 rings (SSSR count). The summed E-state index contributed by atoms with van der Waals surface area (Å²) in [6, 6.07) is 10.3. The number of hydrogen-bond acceptors (Lipinski definition) is 3. The summed E-state index contributed by atoms with van der Waals surface area (Å²) in [4.78, 5) is 0. The third kappa shape index (κ3) is 3.66. The molecule has 0 amide bonds. The van der Waals surface area contributed by atoms with Gasteiger partial charge in [0, 0.05) is 23.8 Å². The minimum atomic E-state index is 0.0658. The predicted octanol–water partition coefficient (Wildman–Crippen LogP) is 1.72. The maximum atomic E-state index is 9.47. The van der Waals surface area contributed by atoms with Crippen molar-refractivity contribution in [2.24, 2.45) is 0 Å². The van der Waals surface area contributed by atoms with Crippen LogP contribution in [0.2, 0.25) is 0 Å². The summed E-state index contributed by atoms with van der Waals surface area (Å²) >= 11 is 0. The number of aromatic amines is 1. The molecule has 4 heteroatoms. The Kier molecular flexibility index (Phi) is 4.71. The first-order chi connectivity index (χ1) is 9.20. The van der Waals surface area contributed by atoms with E-state index in [1.165, 1.54) is 11.1 Å². The first-order valence-corrected chi connectivity index (χ1v) is 6.59. The fourth-order valence-electron chi connectivity index (χ4n) is 2.18. The first-order valence-electron chi connectivity index (χ1n) is 6.59. The summed E-state index contributed by atoms with van der Waals surface area (Å²) in [6.45, 7) is 4.87. The average molecular weight is 259 g/mol. The monoisotopic (exact) mass is 259 g/mol. The second-order valence-corrected chi connectivity index (χ2v) is 4.86. The highest BCUT2D eigenvalue weighted by atomic mass is 16.3. The van der Waals surface area contributed by atoms with Crippen molar-refractivity contribution in [2.75, 3.05) is 6.61 Å². The van der Waals surface area contributed by atoms with Gasteiger partial charge in [-0.2, -0.15) is 5.10 Å². The molecular weight excluding hydrogens is 238 g/mol. The van der Waals surface area contributed by atoms with Crippen LogP contribution in [0.5, 0.6) is 0 Å². The maximum absolute atomic E-state index is 9.47. The van der Waals surface area contributed by atoms with Crippen molar-refractivity contribution in [3.8, 4) is 0 Å². The molecule has 19 heavy (non-hydrogen) atoms. The van der Waals surface area contributed by atoms with Crippen LogP contribution in [0.25, 0.3) is 0 Å². The molecule has 0 saturated heterocycles. The standard InChI is InChI=1S/C15H21N3O/c1-11-15(12(2)18-17-11)9-16-14(10-19)8-13-6-4-3-5-7-13/h3-7,14,16,19H,8-10H2,1-2H3,(H,17,18)/t14-/m0/s1. The van der Waals surface area contributed by atoms with Gasteiger partial charge in [-0.05, 0) is 25.8 Å². The van der Waals surface area contributed by atoms with Gasteiger partial charge in [-0.25, -0.2) is 0 Å². The minimum Gasteiger partial charge on any atom is -0.395 e. The van der Waals surface area contributed by atoms with Crippen molar-refractivity contribution in [2.45, 2.75) is 32.9 Å². The zero-order valence-corrected chi connectivity index (χ0v) is 11.5. The lowest BCUT2D eigenvalue weighted by molar-refractivity contribution is 0.240. The van der Waals surface area contributed by atoms with Gasteiger partial charge in [-0.3, -0.25) is 5.10 Å². The summed E-state index contributed by atoms with van der Waals surface area (Å²) in [5.41, 5.74) is 4.52. The molecule has 0 spiro atoms. The zero-order chi connectivity index (χ0) is 13.7. The van der Waals surface area contributed by atoms with Gasteiger partial charge >= 0.3 is 0 Å². The Hall–Kier alpha value is -1.65. The molecule has 0 aliphatic heterocycles. The molecule has 0 aliphatic rings. The van der Waals surface area contributed by atoms with Crippen molar-refractivity contribution in [1.29, 1.82) is 0 Å². The lowest BCUT2D eigenvalue weighted by atomic mass is 10.1. The van der Waals surface area contributed by atoms with Crippen molar-refractivity contribution in [3.63, 3.8) is 0 Å². The number of H-pyrrole nitrogens is 1. The number of rotatable bonds is 6. The van der Waals surface area contributed by atoms with Crippen LogP contribution in [-0.2, 0) is 13.0 Å². The number of aliphatic hydroxyl groups excluding tert-OH is 1. The number of aromatic nitrogens is 2. The van der Waals surface area contributed by atoms with Gasteiger partial charge in [0.05, 0.1) is 12.3 Å². The maximum Gasteiger partial charge on any atom is 0.0638 e. The molecule has 0 radical (unpaired) electrons. The summed E-state index contributed by atoms with van der Waals surface area (Å²) < 4.78 is 0. The zero-order valence-electron chi connectivity index (χ0n) is 11.5. The van der Waals surface area contributed by atoms with E-state index in [4.69, 9.17) is 0 Å². The Morgan fingerprint density at radius 3 is 2.58 bits per heavy atom. The Balaban J connectivity index is 1.93. The number of nitrogens with one attached hydrogen (secondary N) is 2. The molecule has 0 saturated carbocycles.